The van der Waals surface area contributed by atoms with Crippen molar-refractivity contribution >= 4 is 51.3 Å². The molecule has 1 aliphatic heterocycles. The highest BCUT2D eigenvalue weighted by atomic mass is 16.5. The van der Waals surface area contributed by atoms with Crippen LogP contribution in [0.15, 0.2) is 108 Å². The van der Waals surface area contributed by atoms with E-state index in [2.05, 4.69) is 66.1 Å². The molecule has 0 bridgehead atoms. The van der Waals surface area contributed by atoms with Crippen LogP contribution in [0.5, 0.6) is 0 Å². The van der Waals surface area contributed by atoms with E-state index < -0.39 is 5.97 Å². The van der Waals surface area contributed by atoms with Crippen LogP contribution in [0.2, 0.25) is 0 Å². The Balaban J connectivity index is 1.36. The van der Waals surface area contributed by atoms with E-state index in [0.29, 0.717) is 42.9 Å². The van der Waals surface area contributed by atoms with E-state index in [4.69, 9.17) is 9.73 Å². The van der Waals surface area contributed by atoms with Gasteiger partial charge >= 0.3 is 5.97 Å². The highest BCUT2D eigenvalue weighted by Gasteiger charge is 2.29. The molecule has 43 heavy (non-hydrogen) atoms. The number of ether oxygens (including phenoxy) is 1. The number of aromatic nitrogens is 1. The largest absolute Gasteiger partial charge is 0.462 e. The summed E-state index contributed by atoms with van der Waals surface area (Å²) in [6.07, 6.45) is 3.87. The lowest BCUT2D eigenvalue weighted by Crippen LogP contribution is -2.42. The second-order valence-electron chi connectivity index (χ2n) is 10.7. The summed E-state index contributed by atoms with van der Waals surface area (Å²) in [5, 5.41) is 2.41. The molecule has 1 amide bonds. The van der Waals surface area contributed by atoms with E-state index in [-0.39, 0.29) is 12.5 Å². The number of hydrogen-bond acceptors (Lipinski definition) is 4. The number of rotatable bonds is 8. The molecular weight excluding hydrogens is 534 g/mol. The number of fused-ring (bicyclic) bond motifs is 3. The quantitative estimate of drug-likeness (QED) is 0.141. The molecule has 0 N–H and O–H groups in total. The molecule has 6 heteroatoms. The van der Waals surface area contributed by atoms with Crippen LogP contribution in [0, 0.1) is 0 Å². The summed E-state index contributed by atoms with van der Waals surface area (Å²) in [6, 6.07) is 32.2. The lowest BCUT2D eigenvalue weighted by molar-refractivity contribution is -0.124. The summed E-state index contributed by atoms with van der Waals surface area (Å²) in [5.74, 6) is 0.197. The van der Waals surface area contributed by atoms with Gasteiger partial charge in [-0.15, -0.1) is 0 Å². The molecule has 0 atom stereocenters. The third-order valence-electron chi connectivity index (χ3n) is 8.02. The zero-order chi connectivity index (χ0) is 29.8. The third kappa shape index (κ3) is 5.73. The smallest absolute Gasteiger partial charge is 0.340 e. The summed E-state index contributed by atoms with van der Waals surface area (Å²) in [6.45, 7) is 5.61. The molecule has 1 aromatic heterocycles. The van der Waals surface area contributed by atoms with Crippen molar-refractivity contribution in [1.82, 2.24) is 9.47 Å². The van der Waals surface area contributed by atoms with Gasteiger partial charge in [-0.3, -0.25) is 9.69 Å². The van der Waals surface area contributed by atoms with E-state index >= 15 is 0 Å². The SMILES string of the molecule is CCOC(=O)c1ccccc1/N=C1\CC/C(=C/c2ccc3c(c2)c2ccccc2n3CC)C(=O)N1CCc1ccccc1. The second kappa shape index (κ2) is 12.5. The molecule has 0 radical (unpaired) electrons. The number of carbonyl (C=O) groups is 2. The average molecular weight is 570 g/mol. The first-order valence-electron chi connectivity index (χ1n) is 15.0. The number of amides is 1. The predicted octanol–water partition coefficient (Wildman–Crippen LogP) is 7.97. The van der Waals surface area contributed by atoms with Gasteiger partial charge in [-0.2, -0.15) is 0 Å². The summed E-state index contributed by atoms with van der Waals surface area (Å²) < 4.78 is 7.59. The fourth-order valence-electron chi connectivity index (χ4n) is 5.94. The monoisotopic (exact) mass is 569 g/mol. The van der Waals surface area contributed by atoms with Crippen molar-refractivity contribution in [1.29, 1.82) is 0 Å². The normalized spacial score (nSPS) is 15.6. The first-order valence-corrected chi connectivity index (χ1v) is 15.0. The Labute approximate surface area is 251 Å². The van der Waals surface area contributed by atoms with E-state index in [1.54, 1.807) is 30.0 Å². The number of esters is 1. The third-order valence-corrected chi connectivity index (χ3v) is 8.02. The Morgan fingerprint density at radius 1 is 0.860 bits per heavy atom. The molecule has 2 heterocycles. The van der Waals surface area contributed by atoms with Gasteiger partial charge in [-0.05, 0) is 74.2 Å². The van der Waals surface area contributed by atoms with Gasteiger partial charge in [-0.25, -0.2) is 9.79 Å². The molecule has 0 unspecified atom stereocenters. The summed E-state index contributed by atoms with van der Waals surface area (Å²) >= 11 is 0. The first kappa shape index (κ1) is 28.2. The molecule has 0 aliphatic carbocycles. The predicted molar refractivity (Wildman–Crippen MR) is 174 cm³/mol. The van der Waals surface area contributed by atoms with Gasteiger partial charge in [-0.1, -0.05) is 66.7 Å². The van der Waals surface area contributed by atoms with Gasteiger partial charge < -0.3 is 9.30 Å². The molecule has 1 saturated heterocycles. The molecule has 0 spiro atoms. The number of amidine groups is 1. The fraction of sp³-hybridized carbons (Fsp3) is 0.216. The first-order chi connectivity index (χ1) is 21.1. The van der Waals surface area contributed by atoms with Gasteiger partial charge in [0.15, 0.2) is 0 Å². The number of nitrogens with zero attached hydrogens (tertiary/aromatic N) is 3. The second-order valence-corrected chi connectivity index (χ2v) is 10.7. The van der Waals surface area contributed by atoms with E-state index in [1.165, 1.54) is 21.8 Å². The highest BCUT2D eigenvalue weighted by Crippen LogP contribution is 2.32. The maximum absolute atomic E-state index is 14.1. The number of piperidine rings is 1. The minimum absolute atomic E-state index is 0.0503. The average Bonchev–Trinajstić information content (AvgIpc) is 3.36. The Bertz CT molecular complexity index is 1870. The van der Waals surface area contributed by atoms with Crippen molar-refractivity contribution in [3.63, 3.8) is 0 Å². The van der Waals surface area contributed by atoms with Crippen LogP contribution in [0.4, 0.5) is 5.69 Å². The topological polar surface area (TPSA) is 63.9 Å². The number of para-hydroxylation sites is 2. The molecule has 5 aromatic rings. The highest BCUT2D eigenvalue weighted by molar-refractivity contribution is 6.13. The van der Waals surface area contributed by atoms with Crippen LogP contribution in [0.25, 0.3) is 27.9 Å². The zero-order valence-electron chi connectivity index (χ0n) is 24.6. The number of carbonyl (C=O) groups excluding carboxylic acids is 2. The number of hydrogen-bond donors (Lipinski definition) is 0. The maximum Gasteiger partial charge on any atom is 0.340 e. The van der Waals surface area contributed by atoms with Crippen LogP contribution < -0.4 is 0 Å². The van der Waals surface area contributed by atoms with Crippen LogP contribution in [0.1, 0.15) is 48.2 Å². The minimum atomic E-state index is -0.416. The van der Waals surface area contributed by atoms with Crippen molar-refractivity contribution in [3.05, 3.63) is 119 Å². The fourth-order valence-corrected chi connectivity index (χ4v) is 5.94. The molecule has 1 fully saturated rings. The van der Waals surface area contributed by atoms with Crippen LogP contribution >= 0.6 is 0 Å². The summed E-state index contributed by atoms with van der Waals surface area (Å²) in [7, 11) is 0. The van der Waals surface area contributed by atoms with Gasteiger partial charge in [0.1, 0.15) is 5.84 Å². The molecule has 216 valence electrons. The van der Waals surface area contributed by atoms with Crippen molar-refractivity contribution in [2.24, 2.45) is 4.99 Å². The molecule has 0 saturated carbocycles. The van der Waals surface area contributed by atoms with Crippen molar-refractivity contribution < 1.29 is 14.3 Å². The molecule has 4 aromatic carbocycles. The summed E-state index contributed by atoms with van der Waals surface area (Å²) in [4.78, 5) is 33.4. The molecule has 6 nitrogen and oxygen atoms in total. The molecule has 1 aliphatic rings. The van der Waals surface area contributed by atoms with Gasteiger partial charge in [0.25, 0.3) is 5.91 Å². The van der Waals surface area contributed by atoms with Gasteiger partial charge in [0.2, 0.25) is 0 Å². The number of aliphatic imine (C=N–C) groups is 1. The number of likely N-dealkylation sites (tertiary alicyclic amines) is 1. The molecular formula is C37H35N3O3. The Morgan fingerprint density at radius 3 is 2.42 bits per heavy atom. The van der Waals surface area contributed by atoms with E-state index in [1.807, 2.05) is 30.3 Å². The van der Waals surface area contributed by atoms with E-state index in [0.717, 1.165) is 23.2 Å². The summed E-state index contributed by atoms with van der Waals surface area (Å²) in [5.41, 5.74) is 6.23. The lowest BCUT2D eigenvalue weighted by atomic mass is 9.98. The number of aryl methyl sites for hydroxylation is 1. The van der Waals surface area contributed by atoms with Crippen molar-refractivity contribution in [2.75, 3.05) is 13.2 Å². The Morgan fingerprint density at radius 2 is 1.60 bits per heavy atom. The Hall–Kier alpha value is -4.97. The van der Waals surface area contributed by atoms with Crippen molar-refractivity contribution in [2.45, 2.75) is 39.7 Å². The van der Waals surface area contributed by atoms with Crippen LogP contribution in [0.3, 0.4) is 0 Å². The van der Waals surface area contributed by atoms with Crippen LogP contribution in [-0.2, 0) is 22.5 Å². The standard InChI is InChI=1S/C37H35N3O3/c1-3-39-33-17-11-9-14-29(33)31-25-27(18-20-34(31)39)24-28-19-21-35(38-32-16-10-8-15-30(32)37(42)43-4-2)40(36(28)41)23-22-26-12-6-5-7-13-26/h5-18,20,24-25H,3-4,19,21-23H2,1-2H3/b28-24-,38-35+. The van der Waals surface area contributed by atoms with Crippen molar-refractivity contribution in [3.8, 4) is 0 Å². The zero-order valence-corrected chi connectivity index (χ0v) is 24.6. The van der Waals surface area contributed by atoms with Gasteiger partial charge in [0, 0.05) is 46.9 Å². The van der Waals surface area contributed by atoms with E-state index in [9.17, 15) is 9.59 Å². The lowest BCUT2D eigenvalue weighted by Gasteiger charge is -2.30. The minimum Gasteiger partial charge on any atom is -0.462 e. The number of benzene rings is 4. The van der Waals surface area contributed by atoms with Gasteiger partial charge in [0.05, 0.1) is 17.9 Å². The van der Waals surface area contributed by atoms with Crippen LogP contribution in [-0.4, -0.2) is 40.3 Å². The Kier molecular flexibility index (Phi) is 8.18. The molecule has 6 rings (SSSR count). The maximum atomic E-state index is 14.1.